The van der Waals surface area contributed by atoms with E-state index in [-0.39, 0.29) is 17.0 Å². The number of aromatic amines is 1. The second-order valence-corrected chi connectivity index (χ2v) is 5.28. The monoisotopic (exact) mass is 343 g/mol. The molecule has 0 radical (unpaired) electrons. The van der Waals surface area contributed by atoms with Gasteiger partial charge in [0.05, 0.1) is 5.52 Å². The SMILES string of the molecule is O=c1[nH]c2cccnc2nc1/C=C(\O)c1ccc(Br)cc1. The van der Waals surface area contributed by atoms with Gasteiger partial charge in [-0.25, -0.2) is 9.97 Å². The van der Waals surface area contributed by atoms with Crippen LogP contribution in [0.25, 0.3) is 23.0 Å². The standard InChI is InChI=1S/C15H10BrN3O2/c16-10-5-3-9(4-6-10)13(20)8-12-15(21)19-11-2-1-7-17-14(11)18-12/h1-8,20H,(H,19,21)/b13-8-. The van der Waals surface area contributed by atoms with E-state index in [1.54, 1.807) is 42.6 Å². The van der Waals surface area contributed by atoms with Crippen molar-refractivity contribution in [1.82, 2.24) is 15.0 Å². The number of halogens is 1. The lowest BCUT2D eigenvalue weighted by atomic mass is 10.1. The van der Waals surface area contributed by atoms with Crippen molar-refractivity contribution in [2.24, 2.45) is 0 Å². The third-order valence-electron chi connectivity index (χ3n) is 2.91. The highest BCUT2D eigenvalue weighted by atomic mass is 79.9. The molecule has 0 unspecified atom stereocenters. The Bertz CT molecular complexity index is 885. The van der Waals surface area contributed by atoms with Gasteiger partial charge < -0.3 is 10.1 Å². The molecule has 3 aromatic rings. The molecule has 5 nitrogen and oxygen atoms in total. The molecule has 0 fully saturated rings. The molecule has 0 saturated heterocycles. The fourth-order valence-corrected chi connectivity index (χ4v) is 2.13. The smallest absolute Gasteiger partial charge is 0.274 e. The minimum atomic E-state index is -0.376. The van der Waals surface area contributed by atoms with Crippen LogP contribution in [0, 0.1) is 0 Å². The molecular formula is C15H10BrN3O2. The van der Waals surface area contributed by atoms with Crippen molar-refractivity contribution < 1.29 is 5.11 Å². The van der Waals surface area contributed by atoms with E-state index in [0.717, 1.165) is 4.47 Å². The third-order valence-corrected chi connectivity index (χ3v) is 3.44. The molecule has 6 heteroatoms. The Morgan fingerprint density at radius 3 is 2.76 bits per heavy atom. The van der Waals surface area contributed by atoms with E-state index in [4.69, 9.17) is 0 Å². The van der Waals surface area contributed by atoms with Crippen molar-refractivity contribution in [2.75, 3.05) is 0 Å². The predicted molar refractivity (Wildman–Crippen MR) is 84.8 cm³/mol. The summed E-state index contributed by atoms with van der Waals surface area (Å²) in [5, 5.41) is 10.1. The number of hydrogen-bond donors (Lipinski definition) is 2. The summed E-state index contributed by atoms with van der Waals surface area (Å²) in [7, 11) is 0. The highest BCUT2D eigenvalue weighted by Crippen LogP contribution is 2.17. The first-order valence-electron chi connectivity index (χ1n) is 6.15. The molecule has 2 aromatic heterocycles. The fourth-order valence-electron chi connectivity index (χ4n) is 1.87. The van der Waals surface area contributed by atoms with E-state index < -0.39 is 0 Å². The summed E-state index contributed by atoms with van der Waals surface area (Å²) in [5.41, 5.74) is 1.32. The average Bonchev–Trinajstić information content (AvgIpc) is 2.48. The lowest BCUT2D eigenvalue weighted by molar-refractivity contribution is 0.515. The summed E-state index contributed by atoms with van der Waals surface area (Å²) in [4.78, 5) is 22.9. The quantitative estimate of drug-likeness (QED) is 0.700. The van der Waals surface area contributed by atoms with Gasteiger partial charge in [0.25, 0.3) is 5.56 Å². The van der Waals surface area contributed by atoms with Crippen LogP contribution in [0.1, 0.15) is 11.3 Å². The van der Waals surface area contributed by atoms with Gasteiger partial charge in [-0.3, -0.25) is 4.79 Å². The molecule has 0 aliphatic carbocycles. The van der Waals surface area contributed by atoms with Crippen LogP contribution >= 0.6 is 15.9 Å². The van der Waals surface area contributed by atoms with Crippen LogP contribution in [-0.2, 0) is 0 Å². The maximum atomic E-state index is 11.9. The van der Waals surface area contributed by atoms with Gasteiger partial charge in [-0.2, -0.15) is 0 Å². The molecule has 0 aliphatic rings. The molecule has 0 amide bonds. The summed E-state index contributed by atoms with van der Waals surface area (Å²) in [6, 6.07) is 10.5. The zero-order chi connectivity index (χ0) is 14.8. The van der Waals surface area contributed by atoms with Gasteiger partial charge in [0.15, 0.2) is 5.65 Å². The summed E-state index contributed by atoms with van der Waals surface area (Å²) in [5.74, 6) is -0.0317. The van der Waals surface area contributed by atoms with E-state index in [0.29, 0.717) is 16.7 Å². The van der Waals surface area contributed by atoms with Crippen molar-refractivity contribution in [3.63, 3.8) is 0 Å². The highest BCUT2D eigenvalue weighted by Gasteiger charge is 2.06. The second-order valence-electron chi connectivity index (χ2n) is 4.36. The number of pyridine rings is 1. The van der Waals surface area contributed by atoms with Crippen molar-refractivity contribution in [3.05, 3.63) is 68.7 Å². The van der Waals surface area contributed by atoms with Crippen LogP contribution in [0.15, 0.2) is 51.9 Å². The first-order valence-corrected chi connectivity index (χ1v) is 6.94. The van der Waals surface area contributed by atoms with E-state index in [9.17, 15) is 9.90 Å². The first-order chi connectivity index (χ1) is 10.1. The number of fused-ring (bicyclic) bond motifs is 1. The van der Waals surface area contributed by atoms with Crippen LogP contribution in [0.3, 0.4) is 0 Å². The fraction of sp³-hybridized carbons (Fsp3) is 0. The van der Waals surface area contributed by atoms with Gasteiger partial charge in [0.1, 0.15) is 11.5 Å². The largest absolute Gasteiger partial charge is 0.507 e. The number of benzene rings is 1. The Labute approximate surface area is 128 Å². The predicted octanol–water partition coefficient (Wildman–Crippen LogP) is 3.14. The molecule has 2 N–H and O–H groups in total. The number of H-pyrrole nitrogens is 1. The maximum Gasteiger partial charge on any atom is 0.274 e. The second kappa shape index (κ2) is 5.49. The number of nitrogens with one attached hydrogen (secondary N) is 1. The van der Waals surface area contributed by atoms with Crippen LogP contribution in [-0.4, -0.2) is 20.1 Å². The molecule has 104 valence electrons. The van der Waals surface area contributed by atoms with Crippen molar-refractivity contribution in [2.45, 2.75) is 0 Å². The third kappa shape index (κ3) is 2.85. The Kier molecular flexibility index (Phi) is 3.53. The van der Waals surface area contributed by atoms with Gasteiger partial charge in [0, 0.05) is 22.3 Å². The summed E-state index contributed by atoms with van der Waals surface area (Å²) in [6.45, 7) is 0. The van der Waals surface area contributed by atoms with Crippen molar-refractivity contribution >= 4 is 38.9 Å². The normalized spacial score (nSPS) is 11.8. The molecule has 0 atom stereocenters. The number of aliphatic hydroxyl groups is 1. The van der Waals surface area contributed by atoms with E-state index in [1.807, 2.05) is 0 Å². The summed E-state index contributed by atoms with van der Waals surface area (Å²) in [6.07, 6.45) is 2.92. The van der Waals surface area contributed by atoms with Gasteiger partial charge in [0.2, 0.25) is 0 Å². The first kappa shape index (κ1) is 13.5. The molecule has 0 spiro atoms. The molecular weight excluding hydrogens is 334 g/mol. The van der Waals surface area contributed by atoms with E-state index in [2.05, 4.69) is 30.9 Å². The minimum Gasteiger partial charge on any atom is -0.507 e. The van der Waals surface area contributed by atoms with Crippen LogP contribution in [0.4, 0.5) is 0 Å². The van der Waals surface area contributed by atoms with Gasteiger partial charge in [-0.05, 0) is 24.3 Å². The number of hydrogen-bond acceptors (Lipinski definition) is 4. The van der Waals surface area contributed by atoms with Crippen molar-refractivity contribution in [3.8, 4) is 0 Å². The van der Waals surface area contributed by atoms with Gasteiger partial charge in [-0.15, -0.1) is 0 Å². The Morgan fingerprint density at radius 1 is 1.24 bits per heavy atom. The van der Waals surface area contributed by atoms with Gasteiger partial charge >= 0.3 is 0 Å². The average molecular weight is 344 g/mol. The highest BCUT2D eigenvalue weighted by molar-refractivity contribution is 9.10. The lowest BCUT2D eigenvalue weighted by Gasteiger charge is -2.01. The Balaban J connectivity index is 2.07. The van der Waals surface area contributed by atoms with Crippen LogP contribution in [0.5, 0.6) is 0 Å². The number of aliphatic hydroxyl groups excluding tert-OH is 1. The molecule has 1 aromatic carbocycles. The topological polar surface area (TPSA) is 78.9 Å². The lowest BCUT2D eigenvalue weighted by Crippen LogP contribution is -2.12. The number of rotatable bonds is 2. The van der Waals surface area contributed by atoms with Crippen LogP contribution < -0.4 is 5.56 Å². The Hall–Kier alpha value is -2.47. The molecule has 21 heavy (non-hydrogen) atoms. The number of aromatic nitrogens is 3. The molecule has 0 aliphatic heterocycles. The molecule has 0 bridgehead atoms. The van der Waals surface area contributed by atoms with Crippen molar-refractivity contribution in [1.29, 1.82) is 0 Å². The summed E-state index contributed by atoms with van der Waals surface area (Å²) >= 11 is 3.32. The zero-order valence-corrected chi connectivity index (χ0v) is 12.3. The Morgan fingerprint density at radius 2 is 2.00 bits per heavy atom. The maximum absolute atomic E-state index is 11.9. The summed E-state index contributed by atoms with van der Waals surface area (Å²) < 4.78 is 0.907. The van der Waals surface area contributed by atoms with Gasteiger partial charge in [-0.1, -0.05) is 28.1 Å². The minimum absolute atomic E-state index is 0.0317. The molecule has 2 heterocycles. The molecule has 0 saturated carbocycles. The molecule has 3 rings (SSSR count). The van der Waals surface area contributed by atoms with E-state index >= 15 is 0 Å². The van der Waals surface area contributed by atoms with E-state index in [1.165, 1.54) is 6.08 Å². The van der Waals surface area contributed by atoms with Crippen LogP contribution in [0.2, 0.25) is 0 Å². The number of nitrogens with zero attached hydrogens (tertiary/aromatic N) is 2. The zero-order valence-electron chi connectivity index (χ0n) is 10.7.